The molecule has 8 rings (SSSR count). The molecule has 1 amide bonds. The highest BCUT2D eigenvalue weighted by Crippen LogP contribution is 2.70. The number of benzene rings is 2. The van der Waals surface area contributed by atoms with Crippen LogP contribution in [0.1, 0.15) is 84.5 Å². The van der Waals surface area contributed by atoms with Gasteiger partial charge in [-0.25, -0.2) is 14.0 Å². The van der Waals surface area contributed by atoms with Crippen LogP contribution in [0.2, 0.25) is 0 Å². The molecule has 5 N–H and O–H groups in total. The van der Waals surface area contributed by atoms with E-state index in [1.54, 1.807) is 69.6 Å². The molecule has 4 aromatic rings. The van der Waals surface area contributed by atoms with Gasteiger partial charge in [-0.05, 0) is 91.3 Å². The zero-order valence-electron chi connectivity index (χ0n) is 35.0. The summed E-state index contributed by atoms with van der Waals surface area (Å²) in [5.41, 5.74) is 1.56. The number of ether oxygens (including phenoxy) is 2. The number of anilines is 1. The maximum absolute atomic E-state index is 17.5. The largest absolute Gasteiger partial charge is 0.456 e. The Labute approximate surface area is 357 Å². The Hall–Kier alpha value is -5.90. The van der Waals surface area contributed by atoms with Crippen molar-refractivity contribution >= 4 is 45.9 Å². The molecule has 2 aromatic heterocycles. The van der Waals surface area contributed by atoms with Crippen molar-refractivity contribution < 1.29 is 48.0 Å². The Morgan fingerprint density at radius 1 is 1.03 bits per heavy atom. The highest BCUT2D eigenvalue weighted by Gasteiger charge is 2.75. The molecule has 2 heterocycles. The van der Waals surface area contributed by atoms with Gasteiger partial charge in [0.2, 0.25) is 11.7 Å². The van der Waals surface area contributed by atoms with Crippen LogP contribution in [-0.2, 0) is 37.5 Å². The number of hydrogen-bond donors (Lipinski definition) is 4. The lowest BCUT2D eigenvalue weighted by Crippen LogP contribution is -2.69. The highest BCUT2D eigenvalue weighted by molar-refractivity contribution is 6.01. The number of pyridine rings is 1. The number of carbonyl (C=O) groups excluding carboxylic acids is 5. The Balaban J connectivity index is 0.875. The molecule has 9 atom stereocenters. The predicted octanol–water partition coefficient (Wildman–Crippen LogP) is 5.08. The number of ketones is 2. The molecule has 3 fully saturated rings. The van der Waals surface area contributed by atoms with Crippen molar-refractivity contribution in [3.63, 3.8) is 0 Å². The zero-order valence-corrected chi connectivity index (χ0v) is 35.0. The van der Waals surface area contributed by atoms with E-state index < -0.39 is 76.2 Å². The molecular formula is C47H50FN5O9. The number of aliphatic hydroxyl groups is 2. The molecule has 0 unspecified atom stereocenters. The summed E-state index contributed by atoms with van der Waals surface area (Å²) in [4.78, 5) is 69.8. The minimum atomic E-state index is -2.13. The van der Waals surface area contributed by atoms with Crippen LogP contribution < -0.4 is 11.1 Å². The van der Waals surface area contributed by atoms with E-state index in [0.717, 1.165) is 15.5 Å². The smallest absolute Gasteiger partial charge is 0.359 e. The maximum Gasteiger partial charge on any atom is 0.359 e. The number of aryl methyl sites for hydroxylation is 1. The van der Waals surface area contributed by atoms with Gasteiger partial charge in [0.15, 0.2) is 23.8 Å². The number of aromatic nitrogens is 3. The summed E-state index contributed by atoms with van der Waals surface area (Å²) in [6, 6.07) is 15.5. The molecule has 0 aliphatic heterocycles. The molecule has 4 aliphatic carbocycles. The first-order valence-corrected chi connectivity index (χ1v) is 20.8. The molecule has 0 spiro atoms. The summed E-state index contributed by atoms with van der Waals surface area (Å²) in [5, 5.41) is 32.8. The van der Waals surface area contributed by atoms with Crippen molar-refractivity contribution in [2.75, 3.05) is 18.5 Å². The average molecular weight is 848 g/mol. The van der Waals surface area contributed by atoms with Crippen LogP contribution in [0.25, 0.3) is 10.8 Å². The topological polar surface area (TPSA) is 213 Å². The number of carbonyl (C=O) groups is 5. The number of esters is 2. The first-order chi connectivity index (χ1) is 29.4. The first kappa shape index (κ1) is 42.8. The molecule has 0 bridgehead atoms. The van der Waals surface area contributed by atoms with E-state index in [1.807, 2.05) is 18.2 Å². The molecular weight excluding hydrogens is 798 g/mol. The summed E-state index contributed by atoms with van der Waals surface area (Å²) in [5.74, 6) is -5.56. The summed E-state index contributed by atoms with van der Waals surface area (Å²) in [6.07, 6.45) is 7.07. The fourth-order valence-corrected chi connectivity index (χ4v) is 11.1. The molecule has 62 heavy (non-hydrogen) atoms. The van der Waals surface area contributed by atoms with Crippen LogP contribution in [0.4, 0.5) is 10.1 Å². The zero-order chi connectivity index (χ0) is 44.4. The van der Waals surface area contributed by atoms with Gasteiger partial charge in [-0.2, -0.15) is 5.10 Å². The van der Waals surface area contributed by atoms with E-state index in [2.05, 4.69) is 15.4 Å². The summed E-state index contributed by atoms with van der Waals surface area (Å²) < 4.78 is 29.5. The third-order valence-electron chi connectivity index (χ3n) is 14.5. The van der Waals surface area contributed by atoms with Gasteiger partial charge in [-0.3, -0.25) is 24.0 Å². The molecule has 0 radical (unpaired) electrons. The third-order valence-corrected chi connectivity index (χ3v) is 14.5. The first-order valence-electron chi connectivity index (χ1n) is 20.8. The number of nitrogens with one attached hydrogen (secondary N) is 1. The standard InChI is InChI=1S/C47H50FN5O9/c1-26-17-36-35-12-10-31-19-33(54)13-15-44(31,2)46(35,48)39(55)21-45(36,3)47(26,60)40(56)25-62-43(59)38-20-37(52-53(38)4)42(58)61-24-27-5-7-28(8-6-27)34(22-49)41(57)51-32-11-9-30-23-50-16-14-29(30)18-32/h5-9,11,13-16,18-20,23,26,34-36,39,55,60H,10,12,17,21-22,24-25,49H2,1-4H3,(H,51,57)/t26-,34+,35-,36-,39-,44-,45-,46-,47-/m0/s1. The van der Waals surface area contributed by atoms with Gasteiger partial charge in [0.1, 0.15) is 17.9 Å². The number of rotatable bonds is 11. The molecule has 324 valence electrons. The van der Waals surface area contributed by atoms with E-state index in [-0.39, 0.29) is 42.7 Å². The number of hydrogen-bond acceptors (Lipinski definition) is 12. The maximum atomic E-state index is 17.5. The van der Waals surface area contributed by atoms with Gasteiger partial charge in [-0.1, -0.05) is 55.8 Å². The quantitative estimate of drug-likeness (QED) is 0.146. The summed E-state index contributed by atoms with van der Waals surface area (Å²) >= 11 is 0. The van der Waals surface area contributed by atoms with Crippen LogP contribution >= 0.6 is 0 Å². The van der Waals surface area contributed by atoms with Crippen LogP contribution in [0.5, 0.6) is 0 Å². The Morgan fingerprint density at radius 2 is 1.79 bits per heavy atom. The fourth-order valence-electron chi connectivity index (χ4n) is 11.1. The van der Waals surface area contributed by atoms with Gasteiger partial charge in [0, 0.05) is 59.9 Å². The monoisotopic (exact) mass is 847 g/mol. The van der Waals surface area contributed by atoms with Gasteiger partial charge < -0.3 is 30.7 Å². The number of aliphatic hydroxyl groups excluding tert-OH is 1. The van der Waals surface area contributed by atoms with Gasteiger partial charge in [0.05, 0.1) is 12.0 Å². The lowest BCUT2D eigenvalue weighted by molar-refractivity contribution is -0.219. The second kappa shape index (κ2) is 15.8. The molecule has 0 saturated heterocycles. The van der Waals surface area contributed by atoms with Crippen molar-refractivity contribution in [3.05, 3.63) is 113 Å². The number of amides is 1. The van der Waals surface area contributed by atoms with Crippen LogP contribution in [-0.4, -0.2) is 84.9 Å². The van der Waals surface area contributed by atoms with Crippen molar-refractivity contribution in [1.82, 2.24) is 14.8 Å². The number of Topliss-reactive ketones (excluding diaryl/α,β-unsaturated/α-hetero) is 1. The fraction of sp³-hybridized carbons (Fsp3) is 0.426. The van der Waals surface area contributed by atoms with Gasteiger partial charge >= 0.3 is 11.9 Å². The normalized spacial score (nSPS) is 30.4. The van der Waals surface area contributed by atoms with Crippen LogP contribution in [0, 0.1) is 28.6 Å². The second-order valence-electron chi connectivity index (χ2n) is 17.7. The predicted molar refractivity (Wildman–Crippen MR) is 224 cm³/mol. The second-order valence-corrected chi connectivity index (χ2v) is 17.7. The SMILES string of the molecule is C[C@H]1C[C@H]2[C@@H]3CCC4=CC(=O)C=C[C@]4(C)[C@@]3(F)[C@@H](O)C[C@]2(C)[C@@]1(O)C(=O)COC(=O)c1cc(C(=O)OCc2ccc([C@@H](CN)C(=O)Nc3ccc4cnccc4c3)cc2)nn1C. The number of allylic oxidation sites excluding steroid dienone is 4. The average Bonchev–Trinajstić information content (AvgIpc) is 3.74. The number of nitrogens with zero attached hydrogens (tertiary/aromatic N) is 3. The van der Waals surface area contributed by atoms with Crippen LogP contribution in [0.15, 0.2) is 90.8 Å². The summed E-state index contributed by atoms with van der Waals surface area (Å²) in [6.45, 7) is 4.22. The lowest BCUT2D eigenvalue weighted by Gasteiger charge is -2.62. The third kappa shape index (κ3) is 6.77. The molecule has 2 aromatic carbocycles. The van der Waals surface area contributed by atoms with Crippen molar-refractivity contribution in [2.45, 2.75) is 76.4 Å². The van der Waals surface area contributed by atoms with E-state index >= 15 is 4.39 Å². The molecule has 4 aliphatic rings. The number of fused-ring (bicyclic) bond motifs is 6. The van der Waals surface area contributed by atoms with E-state index in [0.29, 0.717) is 41.6 Å². The van der Waals surface area contributed by atoms with Crippen LogP contribution in [0.3, 0.4) is 0 Å². The number of nitrogens with two attached hydrogens (primary N) is 1. The number of alkyl halides is 1. The molecule has 15 heteroatoms. The van der Waals surface area contributed by atoms with E-state index in [4.69, 9.17) is 15.2 Å². The minimum absolute atomic E-state index is 0.0593. The van der Waals surface area contributed by atoms with E-state index in [9.17, 15) is 34.2 Å². The lowest BCUT2D eigenvalue weighted by atomic mass is 9.44. The molecule has 14 nitrogen and oxygen atoms in total. The summed E-state index contributed by atoms with van der Waals surface area (Å²) in [7, 11) is 1.42. The molecule has 3 saturated carbocycles. The van der Waals surface area contributed by atoms with Gasteiger partial charge in [-0.15, -0.1) is 0 Å². The number of halogens is 1. The van der Waals surface area contributed by atoms with E-state index in [1.165, 1.54) is 25.3 Å². The van der Waals surface area contributed by atoms with Gasteiger partial charge in [0.25, 0.3) is 0 Å². The van der Waals surface area contributed by atoms with Crippen molar-refractivity contribution in [3.8, 4) is 0 Å². The van der Waals surface area contributed by atoms with Crippen molar-refractivity contribution in [1.29, 1.82) is 0 Å². The Bertz CT molecular complexity index is 2560. The highest BCUT2D eigenvalue weighted by atomic mass is 19.1. The minimum Gasteiger partial charge on any atom is -0.456 e. The Morgan fingerprint density at radius 3 is 2.53 bits per heavy atom. The van der Waals surface area contributed by atoms with Crippen molar-refractivity contribution in [2.24, 2.45) is 41.4 Å². The Kier molecular flexibility index (Phi) is 10.9.